The zero-order chi connectivity index (χ0) is 14.5. The molecule has 1 heterocycles. The third-order valence-corrected chi connectivity index (χ3v) is 2.75. The van der Waals surface area contributed by atoms with E-state index in [4.69, 9.17) is 10.5 Å². The van der Waals surface area contributed by atoms with Crippen molar-refractivity contribution in [1.82, 2.24) is 9.78 Å². The molecule has 0 saturated heterocycles. The fraction of sp³-hybridized carbons (Fsp3) is 0.200. The van der Waals surface area contributed by atoms with Crippen molar-refractivity contribution >= 4 is 5.91 Å². The van der Waals surface area contributed by atoms with Crippen LogP contribution >= 0.6 is 0 Å². The number of hydrogen-bond acceptors (Lipinski definition) is 3. The van der Waals surface area contributed by atoms with Crippen molar-refractivity contribution in [2.75, 3.05) is 0 Å². The zero-order valence-corrected chi connectivity index (χ0v) is 11.4. The van der Waals surface area contributed by atoms with Crippen LogP contribution in [0.15, 0.2) is 30.5 Å². The number of benzene rings is 1. The van der Waals surface area contributed by atoms with E-state index in [9.17, 15) is 4.79 Å². The van der Waals surface area contributed by atoms with Crippen molar-refractivity contribution in [3.8, 4) is 17.7 Å². The summed E-state index contributed by atoms with van der Waals surface area (Å²) in [6, 6.07) is 7.00. The summed E-state index contributed by atoms with van der Waals surface area (Å²) in [5.41, 5.74) is 7.22. The van der Waals surface area contributed by atoms with Gasteiger partial charge in [-0.3, -0.25) is 9.48 Å². The number of aryl methyl sites for hydroxylation is 1. The van der Waals surface area contributed by atoms with E-state index in [1.165, 1.54) is 0 Å². The first kappa shape index (κ1) is 13.7. The fourth-order valence-corrected chi connectivity index (χ4v) is 1.84. The van der Waals surface area contributed by atoms with Gasteiger partial charge in [-0.25, -0.2) is 0 Å². The van der Waals surface area contributed by atoms with Crippen molar-refractivity contribution in [1.29, 1.82) is 0 Å². The van der Waals surface area contributed by atoms with Crippen LogP contribution in [-0.4, -0.2) is 15.7 Å². The van der Waals surface area contributed by atoms with Gasteiger partial charge < -0.3 is 10.5 Å². The topological polar surface area (TPSA) is 70.1 Å². The molecule has 1 aromatic carbocycles. The fourth-order valence-electron chi connectivity index (χ4n) is 1.84. The summed E-state index contributed by atoms with van der Waals surface area (Å²) in [5, 5.41) is 4.12. The molecule has 1 aromatic heterocycles. The number of carbonyl (C=O) groups excluding carboxylic acids is 1. The number of hydrogen-bond donors (Lipinski definition) is 1. The average molecular weight is 269 g/mol. The van der Waals surface area contributed by atoms with Gasteiger partial charge in [0.15, 0.2) is 0 Å². The molecule has 0 aliphatic heterocycles. The SMILES string of the molecule is CC#Cc1cccc(C(N)=O)c1COc1ccn(C)n1. The highest BCUT2D eigenvalue weighted by Gasteiger charge is 2.12. The molecule has 0 unspecified atom stereocenters. The van der Waals surface area contributed by atoms with Gasteiger partial charge in [-0.15, -0.1) is 11.0 Å². The Morgan fingerprint density at radius 3 is 2.85 bits per heavy atom. The molecule has 20 heavy (non-hydrogen) atoms. The van der Waals surface area contributed by atoms with Crippen LogP contribution in [-0.2, 0) is 13.7 Å². The maximum Gasteiger partial charge on any atom is 0.249 e. The van der Waals surface area contributed by atoms with Crippen LogP contribution in [0.5, 0.6) is 5.88 Å². The highest BCUT2D eigenvalue weighted by molar-refractivity contribution is 5.94. The molecule has 102 valence electrons. The first-order valence-electron chi connectivity index (χ1n) is 6.08. The van der Waals surface area contributed by atoms with E-state index < -0.39 is 5.91 Å². The van der Waals surface area contributed by atoms with E-state index >= 15 is 0 Å². The maximum absolute atomic E-state index is 11.5. The van der Waals surface area contributed by atoms with Gasteiger partial charge in [0, 0.05) is 36.0 Å². The van der Waals surface area contributed by atoms with E-state index in [2.05, 4.69) is 16.9 Å². The van der Waals surface area contributed by atoms with Crippen LogP contribution in [0.2, 0.25) is 0 Å². The Balaban J connectivity index is 2.31. The number of carbonyl (C=O) groups is 1. The van der Waals surface area contributed by atoms with Crippen LogP contribution in [0.3, 0.4) is 0 Å². The van der Waals surface area contributed by atoms with Gasteiger partial charge in [-0.2, -0.15) is 0 Å². The quantitative estimate of drug-likeness (QED) is 0.854. The summed E-state index contributed by atoms with van der Waals surface area (Å²) >= 11 is 0. The molecule has 0 aliphatic carbocycles. The summed E-state index contributed by atoms with van der Waals surface area (Å²) < 4.78 is 7.22. The summed E-state index contributed by atoms with van der Waals surface area (Å²) in [7, 11) is 1.80. The van der Waals surface area contributed by atoms with E-state index in [-0.39, 0.29) is 6.61 Å². The Bertz CT molecular complexity index is 693. The van der Waals surface area contributed by atoms with Crippen molar-refractivity contribution in [2.45, 2.75) is 13.5 Å². The Kier molecular flexibility index (Phi) is 4.06. The minimum absolute atomic E-state index is 0.195. The van der Waals surface area contributed by atoms with Crippen LogP contribution in [0.4, 0.5) is 0 Å². The van der Waals surface area contributed by atoms with Gasteiger partial charge in [0.25, 0.3) is 0 Å². The average Bonchev–Trinajstić information content (AvgIpc) is 2.83. The molecule has 0 fully saturated rings. The minimum Gasteiger partial charge on any atom is -0.472 e. The van der Waals surface area contributed by atoms with E-state index in [0.29, 0.717) is 17.0 Å². The summed E-state index contributed by atoms with van der Waals surface area (Å²) in [4.78, 5) is 11.5. The largest absolute Gasteiger partial charge is 0.472 e. The van der Waals surface area contributed by atoms with Crippen LogP contribution in [0.25, 0.3) is 0 Å². The molecule has 2 rings (SSSR count). The molecule has 1 amide bonds. The summed E-state index contributed by atoms with van der Waals surface area (Å²) in [6.45, 7) is 1.93. The van der Waals surface area contributed by atoms with Crippen molar-refractivity contribution in [2.24, 2.45) is 12.8 Å². The number of amides is 1. The second-order valence-electron chi connectivity index (χ2n) is 4.19. The normalized spacial score (nSPS) is 9.70. The number of nitrogens with zero attached hydrogens (tertiary/aromatic N) is 2. The standard InChI is InChI=1S/C15H15N3O2/c1-3-5-11-6-4-7-12(15(16)19)13(11)10-20-14-8-9-18(2)17-14/h4,6-9H,10H2,1-2H3,(H2,16,19). The summed E-state index contributed by atoms with van der Waals surface area (Å²) in [5.74, 6) is 5.76. The third-order valence-electron chi connectivity index (χ3n) is 2.75. The molecule has 0 saturated carbocycles. The van der Waals surface area contributed by atoms with Crippen molar-refractivity contribution in [3.05, 3.63) is 47.2 Å². The first-order valence-corrected chi connectivity index (χ1v) is 6.08. The highest BCUT2D eigenvalue weighted by Crippen LogP contribution is 2.17. The van der Waals surface area contributed by atoms with E-state index in [1.807, 2.05) is 6.07 Å². The van der Waals surface area contributed by atoms with Crippen molar-refractivity contribution in [3.63, 3.8) is 0 Å². The Hall–Kier alpha value is -2.74. The summed E-state index contributed by atoms with van der Waals surface area (Å²) in [6.07, 6.45) is 1.78. The number of nitrogens with two attached hydrogens (primary N) is 1. The van der Waals surface area contributed by atoms with Crippen molar-refractivity contribution < 1.29 is 9.53 Å². The number of primary amides is 1. The molecule has 5 nitrogen and oxygen atoms in total. The van der Waals surface area contributed by atoms with E-state index in [1.54, 1.807) is 43.0 Å². The molecule has 0 aliphatic rings. The lowest BCUT2D eigenvalue weighted by atomic mass is 10.0. The van der Waals surface area contributed by atoms with Crippen LogP contribution in [0, 0.1) is 11.8 Å². The van der Waals surface area contributed by atoms with Gasteiger partial charge in [-0.05, 0) is 19.1 Å². The maximum atomic E-state index is 11.5. The second kappa shape index (κ2) is 5.93. The van der Waals surface area contributed by atoms with Crippen LogP contribution in [0.1, 0.15) is 28.4 Å². The minimum atomic E-state index is -0.496. The van der Waals surface area contributed by atoms with Gasteiger partial charge in [0.05, 0.1) is 0 Å². The predicted molar refractivity (Wildman–Crippen MR) is 75.1 cm³/mol. The molecule has 2 aromatic rings. The lowest BCUT2D eigenvalue weighted by Gasteiger charge is -2.09. The number of aromatic nitrogens is 2. The third kappa shape index (κ3) is 2.98. The highest BCUT2D eigenvalue weighted by atomic mass is 16.5. The second-order valence-corrected chi connectivity index (χ2v) is 4.19. The molecular formula is C15H15N3O2. The van der Waals surface area contributed by atoms with Gasteiger partial charge >= 0.3 is 0 Å². The molecule has 0 radical (unpaired) electrons. The smallest absolute Gasteiger partial charge is 0.249 e. The van der Waals surface area contributed by atoms with Gasteiger partial charge in [0.1, 0.15) is 6.61 Å². The lowest BCUT2D eigenvalue weighted by Crippen LogP contribution is -2.16. The molecule has 2 N–H and O–H groups in total. The van der Waals surface area contributed by atoms with E-state index in [0.717, 1.165) is 5.56 Å². The Labute approximate surface area is 117 Å². The molecular weight excluding hydrogens is 254 g/mol. The molecule has 0 bridgehead atoms. The monoisotopic (exact) mass is 269 g/mol. The first-order chi connectivity index (χ1) is 9.61. The predicted octanol–water partition coefficient (Wildman–Crippen LogP) is 1.47. The van der Waals surface area contributed by atoms with Crippen LogP contribution < -0.4 is 10.5 Å². The molecule has 5 heteroatoms. The van der Waals surface area contributed by atoms with Gasteiger partial charge in [0.2, 0.25) is 11.8 Å². The lowest BCUT2D eigenvalue weighted by molar-refractivity contribution is 0.0997. The number of rotatable bonds is 4. The Morgan fingerprint density at radius 1 is 1.45 bits per heavy atom. The van der Waals surface area contributed by atoms with Gasteiger partial charge in [-0.1, -0.05) is 12.0 Å². The molecule has 0 atom stereocenters. The number of ether oxygens (including phenoxy) is 1. The Morgan fingerprint density at radius 2 is 2.25 bits per heavy atom. The zero-order valence-electron chi connectivity index (χ0n) is 11.4. The molecule has 0 spiro atoms.